The van der Waals surface area contributed by atoms with Gasteiger partial charge in [-0.1, -0.05) is 18.2 Å². The summed E-state index contributed by atoms with van der Waals surface area (Å²) in [4.78, 5) is 22.5. The number of carbonyl (C=O) groups is 2. The molecule has 1 rings (SSSR count). The van der Waals surface area contributed by atoms with Crippen molar-refractivity contribution in [3.8, 4) is 0 Å². The molecule has 4 nitrogen and oxygen atoms in total. The van der Waals surface area contributed by atoms with Crippen molar-refractivity contribution in [3.05, 3.63) is 34.9 Å². The number of carbonyl (C=O) groups excluding carboxylic acids is 2. The molecule has 0 saturated carbocycles. The molecule has 0 saturated heterocycles. The number of benzene rings is 1. The normalized spacial score (nSPS) is 10.1. The summed E-state index contributed by atoms with van der Waals surface area (Å²) in [6.45, 7) is 4.16. The molecule has 0 aliphatic carbocycles. The minimum absolute atomic E-state index is 0.213. The molecule has 0 N–H and O–H groups in total. The Kier molecular flexibility index (Phi) is 6.06. The molecule has 0 amide bonds. The second-order valence-corrected chi connectivity index (χ2v) is 4.32. The van der Waals surface area contributed by atoms with E-state index in [2.05, 4.69) is 4.74 Å². The fourth-order valence-electron chi connectivity index (χ4n) is 1.87. The zero-order valence-corrected chi connectivity index (χ0v) is 11.7. The first-order valence-electron chi connectivity index (χ1n) is 6.37. The Balaban J connectivity index is 2.63. The highest BCUT2D eigenvalue weighted by Gasteiger charge is 2.07. The van der Waals surface area contributed by atoms with Crippen LogP contribution in [0.5, 0.6) is 0 Å². The summed E-state index contributed by atoms with van der Waals surface area (Å²) in [6.07, 6.45) is 1.30. The third kappa shape index (κ3) is 5.12. The highest BCUT2D eigenvalue weighted by molar-refractivity contribution is 5.72. The summed E-state index contributed by atoms with van der Waals surface area (Å²) in [5.41, 5.74) is 3.10. The van der Waals surface area contributed by atoms with Crippen LogP contribution in [0.25, 0.3) is 0 Å². The van der Waals surface area contributed by atoms with Crippen LogP contribution in [-0.4, -0.2) is 25.7 Å². The van der Waals surface area contributed by atoms with Gasteiger partial charge < -0.3 is 9.47 Å². The molecule has 0 heterocycles. The molecule has 1 aromatic rings. The summed E-state index contributed by atoms with van der Waals surface area (Å²) >= 11 is 0. The molecule has 0 aromatic heterocycles. The van der Waals surface area contributed by atoms with Crippen molar-refractivity contribution in [2.75, 3.05) is 13.7 Å². The van der Waals surface area contributed by atoms with Crippen molar-refractivity contribution >= 4 is 11.9 Å². The summed E-state index contributed by atoms with van der Waals surface area (Å²) in [5, 5.41) is 0. The average Bonchev–Trinajstić information content (AvgIpc) is 2.37. The van der Waals surface area contributed by atoms with E-state index in [1.54, 1.807) is 6.92 Å². The van der Waals surface area contributed by atoms with E-state index in [0.717, 1.165) is 16.7 Å². The standard InChI is InChI=1S/C15H20O4/c1-4-19-15(17)10-12-5-6-13(11(2)9-12)7-8-14(16)18-3/h5-6,9H,4,7-8,10H2,1-3H3. The maximum absolute atomic E-state index is 11.4. The zero-order chi connectivity index (χ0) is 14.3. The number of methoxy groups -OCH3 is 1. The zero-order valence-electron chi connectivity index (χ0n) is 11.7. The minimum atomic E-state index is -0.218. The Morgan fingerprint density at radius 2 is 1.95 bits per heavy atom. The Bertz CT molecular complexity index is 451. The van der Waals surface area contributed by atoms with Crippen molar-refractivity contribution in [1.29, 1.82) is 0 Å². The first-order chi connectivity index (χ1) is 9.06. The summed E-state index contributed by atoms with van der Waals surface area (Å²) in [6, 6.07) is 5.81. The van der Waals surface area contributed by atoms with Crippen LogP contribution in [0.15, 0.2) is 18.2 Å². The lowest BCUT2D eigenvalue weighted by atomic mass is 10.00. The topological polar surface area (TPSA) is 52.6 Å². The number of ether oxygens (including phenoxy) is 2. The lowest BCUT2D eigenvalue weighted by Crippen LogP contribution is -2.08. The monoisotopic (exact) mass is 264 g/mol. The van der Waals surface area contributed by atoms with Crippen LogP contribution in [0.4, 0.5) is 0 Å². The van der Waals surface area contributed by atoms with E-state index in [-0.39, 0.29) is 18.4 Å². The van der Waals surface area contributed by atoms with Gasteiger partial charge in [0.25, 0.3) is 0 Å². The summed E-state index contributed by atoms with van der Waals surface area (Å²) in [7, 11) is 1.39. The van der Waals surface area contributed by atoms with Gasteiger partial charge in [0.15, 0.2) is 0 Å². The van der Waals surface area contributed by atoms with Crippen LogP contribution in [0.3, 0.4) is 0 Å². The molecule has 0 fully saturated rings. The first-order valence-corrected chi connectivity index (χ1v) is 6.37. The van der Waals surface area contributed by atoms with E-state index in [0.29, 0.717) is 19.4 Å². The predicted molar refractivity (Wildman–Crippen MR) is 71.9 cm³/mol. The molecule has 1 aromatic carbocycles. The Morgan fingerprint density at radius 1 is 1.21 bits per heavy atom. The number of aryl methyl sites for hydroxylation is 2. The van der Waals surface area contributed by atoms with Crippen molar-refractivity contribution in [2.45, 2.75) is 33.1 Å². The number of hydrogen-bond acceptors (Lipinski definition) is 4. The van der Waals surface area contributed by atoms with Gasteiger partial charge in [-0.3, -0.25) is 9.59 Å². The molecular weight excluding hydrogens is 244 g/mol. The van der Waals surface area contributed by atoms with Crippen LogP contribution < -0.4 is 0 Å². The highest BCUT2D eigenvalue weighted by atomic mass is 16.5. The fraction of sp³-hybridized carbons (Fsp3) is 0.467. The second-order valence-electron chi connectivity index (χ2n) is 4.32. The smallest absolute Gasteiger partial charge is 0.310 e. The van der Waals surface area contributed by atoms with E-state index >= 15 is 0 Å². The van der Waals surface area contributed by atoms with E-state index in [1.165, 1.54) is 7.11 Å². The van der Waals surface area contributed by atoms with Crippen LogP contribution in [-0.2, 0) is 31.9 Å². The molecule has 0 aliphatic rings. The molecule has 0 spiro atoms. The third-order valence-corrected chi connectivity index (χ3v) is 2.89. The Labute approximate surface area is 113 Å². The SMILES string of the molecule is CCOC(=O)Cc1ccc(CCC(=O)OC)c(C)c1. The van der Waals surface area contributed by atoms with Gasteiger partial charge in [0.1, 0.15) is 0 Å². The molecule has 4 heteroatoms. The van der Waals surface area contributed by atoms with Gasteiger partial charge in [-0.2, -0.15) is 0 Å². The maximum Gasteiger partial charge on any atom is 0.310 e. The largest absolute Gasteiger partial charge is 0.469 e. The maximum atomic E-state index is 11.4. The summed E-state index contributed by atoms with van der Waals surface area (Å²) < 4.78 is 9.52. The molecule has 0 radical (unpaired) electrons. The quantitative estimate of drug-likeness (QED) is 0.739. The van der Waals surface area contributed by atoms with E-state index in [1.807, 2.05) is 25.1 Å². The molecule has 0 unspecified atom stereocenters. The summed E-state index contributed by atoms with van der Waals surface area (Å²) in [5.74, 6) is -0.431. The number of rotatable bonds is 6. The van der Waals surface area contributed by atoms with Crippen molar-refractivity contribution in [3.63, 3.8) is 0 Å². The fourth-order valence-corrected chi connectivity index (χ4v) is 1.87. The molecular formula is C15H20O4. The number of hydrogen-bond donors (Lipinski definition) is 0. The molecule has 104 valence electrons. The molecule has 0 atom stereocenters. The van der Waals surface area contributed by atoms with Crippen molar-refractivity contribution in [2.24, 2.45) is 0 Å². The number of esters is 2. The molecule has 0 aliphatic heterocycles. The van der Waals surface area contributed by atoms with Crippen molar-refractivity contribution < 1.29 is 19.1 Å². The van der Waals surface area contributed by atoms with Crippen molar-refractivity contribution in [1.82, 2.24) is 0 Å². The molecule has 19 heavy (non-hydrogen) atoms. The Hall–Kier alpha value is -1.84. The molecule has 0 bridgehead atoms. The van der Waals surface area contributed by atoms with Gasteiger partial charge in [-0.05, 0) is 37.0 Å². The van der Waals surface area contributed by atoms with E-state index in [4.69, 9.17) is 4.74 Å². The van der Waals surface area contributed by atoms with Gasteiger partial charge in [0.05, 0.1) is 20.1 Å². The lowest BCUT2D eigenvalue weighted by molar-refractivity contribution is -0.142. The van der Waals surface area contributed by atoms with Crippen LogP contribution >= 0.6 is 0 Å². The average molecular weight is 264 g/mol. The second kappa shape index (κ2) is 7.56. The first kappa shape index (κ1) is 15.2. The predicted octanol–water partition coefficient (Wildman–Crippen LogP) is 2.21. The van der Waals surface area contributed by atoms with E-state index in [9.17, 15) is 9.59 Å². The van der Waals surface area contributed by atoms with Gasteiger partial charge in [-0.25, -0.2) is 0 Å². The Morgan fingerprint density at radius 3 is 2.53 bits per heavy atom. The third-order valence-electron chi connectivity index (χ3n) is 2.89. The van der Waals surface area contributed by atoms with Gasteiger partial charge >= 0.3 is 11.9 Å². The van der Waals surface area contributed by atoms with Crippen LogP contribution in [0.1, 0.15) is 30.0 Å². The minimum Gasteiger partial charge on any atom is -0.469 e. The highest BCUT2D eigenvalue weighted by Crippen LogP contribution is 2.14. The van der Waals surface area contributed by atoms with Gasteiger partial charge in [0, 0.05) is 6.42 Å². The van der Waals surface area contributed by atoms with Crippen LogP contribution in [0, 0.1) is 6.92 Å². The van der Waals surface area contributed by atoms with E-state index < -0.39 is 0 Å². The lowest BCUT2D eigenvalue weighted by Gasteiger charge is -2.08. The van der Waals surface area contributed by atoms with Crippen LogP contribution in [0.2, 0.25) is 0 Å². The van der Waals surface area contributed by atoms with Gasteiger partial charge in [-0.15, -0.1) is 0 Å². The van der Waals surface area contributed by atoms with Gasteiger partial charge in [0.2, 0.25) is 0 Å².